The number of ether oxygens (including phenoxy) is 1. The van der Waals surface area contributed by atoms with Gasteiger partial charge in [0.2, 0.25) is 15.6 Å². The van der Waals surface area contributed by atoms with Crippen LogP contribution in [0.15, 0.2) is 82.6 Å². The Morgan fingerprint density at radius 1 is 0.931 bits per heavy atom. The van der Waals surface area contributed by atoms with Gasteiger partial charge in [-0.1, -0.05) is 29.8 Å². The van der Waals surface area contributed by atoms with E-state index in [0.29, 0.717) is 5.02 Å². The van der Waals surface area contributed by atoms with Crippen molar-refractivity contribution in [2.75, 3.05) is 0 Å². The minimum atomic E-state index is -3.98. The quantitative estimate of drug-likeness (QED) is 0.318. The van der Waals surface area contributed by atoms with Crippen LogP contribution < -0.4 is 4.74 Å². The number of carbonyl (C=O) groups is 1. The first-order chi connectivity index (χ1) is 13.8. The molecule has 0 amide bonds. The predicted octanol–water partition coefficient (Wildman–Crippen LogP) is 4.62. The molecule has 3 aromatic rings. The van der Waals surface area contributed by atoms with E-state index in [0.717, 1.165) is 18.2 Å². The number of rotatable bonds is 6. The van der Waals surface area contributed by atoms with Gasteiger partial charge in [-0.25, -0.2) is 13.2 Å². The largest absolute Gasteiger partial charge is 0.415 e. The summed E-state index contributed by atoms with van der Waals surface area (Å²) in [7, 11) is -3.98. The molecule has 3 rings (SSSR count). The Morgan fingerprint density at radius 3 is 2.21 bits per heavy atom. The fourth-order valence-electron chi connectivity index (χ4n) is 2.41. The smallest absolute Gasteiger partial charge is 0.363 e. The molecule has 10 heteroatoms. The second-order valence-electron chi connectivity index (χ2n) is 5.67. The molecular formula is C19H12ClFNO6S+. The molecule has 0 heterocycles. The SMILES string of the molecule is O=C(Oc1cc(S(=O)(=O)c2ccccc2)ccc1[N+](=O)OF)c1ccc(Cl)cc1. The summed E-state index contributed by atoms with van der Waals surface area (Å²) >= 11 is 5.77. The first-order valence-electron chi connectivity index (χ1n) is 8.01. The van der Waals surface area contributed by atoms with E-state index in [1.54, 1.807) is 18.2 Å². The van der Waals surface area contributed by atoms with Crippen LogP contribution in [0.2, 0.25) is 5.02 Å². The Morgan fingerprint density at radius 2 is 1.59 bits per heavy atom. The Labute approximate surface area is 169 Å². The van der Waals surface area contributed by atoms with Crippen molar-refractivity contribution in [1.29, 1.82) is 0 Å². The molecule has 7 nitrogen and oxygen atoms in total. The lowest BCUT2D eigenvalue weighted by molar-refractivity contribution is -0.808. The summed E-state index contributed by atoms with van der Waals surface area (Å²) in [5.74, 6) is -1.42. The topological polar surface area (TPSA) is 89.8 Å². The van der Waals surface area contributed by atoms with Crippen LogP contribution in [-0.4, -0.2) is 19.3 Å². The lowest BCUT2D eigenvalue weighted by Gasteiger charge is -2.08. The zero-order chi connectivity index (χ0) is 21.0. The first-order valence-corrected chi connectivity index (χ1v) is 9.87. The van der Waals surface area contributed by atoms with Crippen LogP contribution in [-0.2, 0) is 14.9 Å². The van der Waals surface area contributed by atoms with E-state index in [-0.39, 0.29) is 15.4 Å². The van der Waals surface area contributed by atoms with Gasteiger partial charge in [-0.15, -0.1) is 0 Å². The van der Waals surface area contributed by atoms with Crippen molar-refractivity contribution in [1.82, 2.24) is 0 Å². The van der Waals surface area contributed by atoms with Gasteiger partial charge in [0, 0.05) is 22.2 Å². The van der Waals surface area contributed by atoms with Gasteiger partial charge in [-0.3, -0.25) is 0 Å². The molecule has 29 heavy (non-hydrogen) atoms. The van der Waals surface area contributed by atoms with Gasteiger partial charge in [0.1, 0.15) is 0 Å². The number of sulfone groups is 1. The first kappa shape index (κ1) is 20.4. The van der Waals surface area contributed by atoms with E-state index in [1.165, 1.54) is 36.4 Å². The molecule has 0 aliphatic rings. The van der Waals surface area contributed by atoms with Crippen molar-refractivity contribution in [2.24, 2.45) is 0 Å². The third-order valence-corrected chi connectivity index (χ3v) is 5.86. The zero-order valence-corrected chi connectivity index (χ0v) is 16.1. The maximum Gasteiger partial charge on any atom is 0.363 e. The van der Waals surface area contributed by atoms with E-state index >= 15 is 0 Å². The van der Waals surface area contributed by atoms with Crippen LogP contribution in [0.4, 0.5) is 10.2 Å². The highest BCUT2D eigenvalue weighted by Gasteiger charge is 2.29. The average molecular weight is 437 g/mol. The van der Waals surface area contributed by atoms with Gasteiger partial charge in [-0.05, 0) is 42.5 Å². The molecule has 0 unspecified atom stereocenters. The number of hydrogen-bond donors (Lipinski definition) is 0. The summed E-state index contributed by atoms with van der Waals surface area (Å²) in [6, 6.07) is 16.1. The summed E-state index contributed by atoms with van der Waals surface area (Å²) in [5.41, 5.74) is -0.461. The average Bonchev–Trinajstić information content (AvgIpc) is 2.74. The molecule has 0 saturated carbocycles. The molecule has 0 radical (unpaired) electrons. The van der Waals surface area contributed by atoms with Gasteiger partial charge in [0.25, 0.3) is 0 Å². The normalized spacial score (nSPS) is 11.0. The maximum absolute atomic E-state index is 12.8. The van der Waals surface area contributed by atoms with Crippen LogP contribution >= 0.6 is 11.6 Å². The lowest BCUT2D eigenvalue weighted by atomic mass is 10.2. The van der Waals surface area contributed by atoms with Crippen LogP contribution in [0.1, 0.15) is 10.4 Å². The van der Waals surface area contributed by atoms with Crippen LogP contribution in [0.3, 0.4) is 0 Å². The molecule has 0 aromatic heterocycles. The van der Waals surface area contributed by atoms with Crippen molar-refractivity contribution in [3.63, 3.8) is 0 Å². The molecular weight excluding hydrogens is 425 g/mol. The van der Waals surface area contributed by atoms with Gasteiger partial charge in [-0.2, -0.15) is 0 Å². The monoisotopic (exact) mass is 436 g/mol. The third kappa shape index (κ3) is 4.41. The van der Waals surface area contributed by atoms with Crippen molar-refractivity contribution < 1.29 is 32.4 Å². The van der Waals surface area contributed by atoms with Gasteiger partial charge in [0.05, 0.1) is 24.8 Å². The number of hydrogen-bond acceptors (Lipinski definition) is 6. The van der Waals surface area contributed by atoms with E-state index in [2.05, 4.69) is 5.04 Å². The molecule has 148 valence electrons. The molecule has 0 aliphatic heterocycles. The molecule has 0 saturated heterocycles. The molecule has 0 atom stereocenters. The van der Waals surface area contributed by atoms with E-state index in [9.17, 15) is 22.6 Å². The molecule has 0 spiro atoms. The number of esters is 1. The highest BCUT2D eigenvalue weighted by molar-refractivity contribution is 7.91. The summed E-state index contributed by atoms with van der Waals surface area (Å²) in [6.07, 6.45) is 0. The summed E-state index contributed by atoms with van der Waals surface area (Å²) < 4.78 is 43.1. The van der Waals surface area contributed by atoms with Crippen molar-refractivity contribution in [2.45, 2.75) is 9.79 Å². The lowest BCUT2D eigenvalue weighted by Crippen LogP contribution is -2.11. The maximum atomic E-state index is 12.8. The number of halogens is 2. The Kier molecular flexibility index (Phi) is 5.90. The second kappa shape index (κ2) is 8.38. The van der Waals surface area contributed by atoms with E-state index < -0.39 is 32.2 Å². The van der Waals surface area contributed by atoms with Gasteiger partial charge < -0.3 is 4.74 Å². The Bertz CT molecular complexity index is 1170. The number of carbonyl (C=O) groups excluding carboxylic acids is 1. The van der Waals surface area contributed by atoms with E-state index in [1.807, 2.05) is 0 Å². The predicted molar refractivity (Wildman–Crippen MR) is 100 cm³/mol. The molecule has 0 aliphatic carbocycles. The Hall–Kier alpha value is -3.30. The van der Waals surface area contributed by atoms with Crippen molar-refractivity contribution in [3.8, 4) is 5.75 Å². The fraction of sp³-hybridized carbons (Fsp3) is 0. The van der Waals surface area contributed by atoms with Crippen LogP contribution in [0.25, 0.3) is 0 Å². The zero-order valence-electron chi connectivity index (χ0n) is 14.5. The molecule has 0 fully saturated rings. The number of benzene rings is 3. The third-order valence-electron chi connectivity index (χ3n) is 3.84. The van der Waals surface area contributed by atoms with Gasteiger partial charge >= 0.3 is 16.6 Å². The highest BCUT2D eigenvalue weighted by Crippen LogP contribution is 2.33. The van der Waals surface area contributed by atoms with Crippen LogP contribution in [0, 0.1) is 4.91 Å². The van der Waals surface area contributed by atoms with E-state index in [4.69, 9.17) is 16.3 Å². The van der Waals surface area contributed by atoms with Gasteiger partial charge in [0.15, 0.2) is 0 Å². The minimum absolute atomic E-state index is 0.0107. The number of nitrogens with zero attached hydrogens (tertiary/aromatic N) is 1. The Balaban J connectivity index is 2.04. The molecule has 0 bridgehead atoms. The second-order valence-corrected chi connectivity index (χ2v) is 8.05. The van der Waals surface area contributed by atoms with Crippen LogP contribution in [0.5, 0.6) is 5.75 Å². The standard InChI is InChI=1S/C19H12ClFNO6S/c20-14-8-6-13(7-9-14)19(23)27-18-12-16(10-11-17(18)22(24)28-21)29(25,26)15-4-2-1-3-5-15/h1-12H/q+1. The molecule has 3 aromatic carbocycles. The minimum Gasteiger partial charge on any atom is -0.415 e. The highest BCUT2D eigenvalue weighted by atomic mass is 35.5. The fourth-order valence-corrected chi connectivity index (χ4v) is 3.83. The van der Waals surface area contributed by atoms with Crippen molar-refractivity contribution in [3.05, 3.63) is 88.3 Å². The summed E-state index contributed by atoms with van der Waals surface area (Å²) in [6.45, 7) is 0. The summed E-state index contributed by atoms with van der Waals surface area (Å²) in [5, 5.41) is 3.49. The van der Waals surface area contributed by atoms with Crippen molar-refractivity contribution >= 4 is 33.1 Å². The molecule has 0 N–H and O–H groups in total. The summed E-state index contributed by atoms with van der Waals surface area (Å²) in [4.78, 5) is 23.1.